The fraction of sp³-hybridized carbons (Fsp3) is 0.360. The van der Waals surface area contributed by atoms with E-state index in [1.165, 1.54) is 12.0 Å². The minimum atomic E-state index is -0.323. The van der Waals surface area contributed by atoms with Crippen LogP contribution in [0.2, 0.25) is 5.02 Å². The predicted octanol–water partition coefficient (Wildman–Crippen LogP) is 3.89. The van der Waals surface area contributed by atoms with Gasteiger partial charge >= 0.3 is 0 Å². The first kappa shape index (κ1) is 22.4. The van der Waals surface area contributed by atoms with Crippen LogP contribution in [0.4, 0.5) is 5.69 Å². The molecule has 0 unspecified atom stereocenters. The monoisotopic (exact) mass is 453 g/mol. The van der Waals surface area contributed by atoms with Gasteiger partial charge in [0.05, 0.1) is 23.4 Å². The number of halogens is 1. The number of nitrogens with zero attached hydrogens (tertiary/aromatic N) is 3. The van der Waals surface area contributed by atoms with Crippen molar-refractivity contribution in [3.8, 4) is 5.75 Å². The Balaban J connectivity index is 1.81. The molecule has 2 amide bonds. The third kappa shape index (κ3) is 3.89. The molecule has 2 aromatic carbocycles. The second kappa shape index (κ2) is 8.96. The highest BCUT2D eigenvalue weighted by Gasteiger charge is 2.43. The van der Waals surface area contributed by atoms with Crippen molar-refractivity contribution in [2.24, 2.45) is 0 Å². The Bertz CT molecular complexity index is 1100. The van der Waals surface area contributed by atoms with Crippen LogP contribution in [-0.2, 0) is 9.59 Å². The minimum Gasteiger partial charge on any atom is -0.495 e. The summed E-state index contributed by atoms with van der Waals surface area (Å²) in [5.74, 6) is -0.139. The Kier molecular flexibility index (Phi) is 6.26. The number of amides is 2. The fourth-order valence-electron chi connectivity index (χ4n) is 4.46. The number of hydrogen-bond acceptors (Lipinski definition) is 5. The van der Waals surface area contributed by atoms with E-state index >= 15 is 0 Å². The average Bonchev–Trinajstić information content (AvgIpc) is 3.03. The van der Waals surface area contributed by atoms with Crippen LogP contribution < -0.4 is 9.64 Å². The molecule has 4 rings (SSSR count). The highest BCUT2D eigenvalue weighted by molar-refractivity contribution is 6.45. The number of piperazine rings is 1. The molecule has 2 aliphatic rings. The largest absolute Gasteiger partial charge is 0.495 e. The topological polar surface area (TPSA) is 53.1 Å². The van der Waals surface area contributed by atoms with Gasteiger partial charge in [0.15, 0.2) is 0 Å². The van der Waals surface area contributed by atoms with Crippen LogP contribution in [0.25, 0.3) is 5.57 Å². The average molecular weight is 454 g/mol. The van der Waals surface area contributed by atoms with E-state index in [9.17, 15) is 9.59 Å². The van der Waals surface area contributed by atoms with E-state index < -0.39 is 0 Å². The van der Waals surface area contributed by atoms with Crippen LogP contribution in [0.1, 0.15) is 23.6 Å². The summed E-state index contributed by atoms with van der Waals surface area (Å²) < 4.78 is 5.23. The number of carbonyl (C=O) groups is 2. The molecule has 0 spiro atoms. The molecule has 7 heteroatoms. The number of aryl methyl sites for hydroxylation is 2. The Morgan fingerprint density at radius 2 is 1.69 bits per heavy atom. The van der Waals surface area contributed by atoms with E-state index in [-0.39, 0.29) is 11.8 Å². The Morgan fingerprint density at radius 3 is 2.28 bits per heavy atom. The molecule has 0 bridgehead atoms. The molecule has 168 valence electrons. The minimum absolute atomic E-state index is 0.309. The highest BCUT2D eigenvalue weighted by Crippen LogP contribution is 2.38. The third-order valence-corrected chi connectivity index (χ3v) is 6.54. The molecule has 0 saturated carbocycles. The number of likely N-dealkylation sites (N-methyl/N-ethyl adjacent to an activating group) is 1. The number of ether oxygens (including phenoxy) is 1. The zero-order valence-electron chi connectivity index (χ0n) is 18.9. The number of benzene rings is 2. The van der Waals surface area contributed by atoms with Crippen molar-refractivity contribution >= 4 is 34.7 Å². The summed E-state index contributed by atoms with van der Waals surface area (Å²) in [6.07, 6.45) is 0. The maximum atomic E-state index is 13.7. The standard InChI is InChI=1S/C25H28ClN3O3/c1-5-27-10-12-28(13-11-27)23-22(19-8-6-16(2)14-17(19)3)24(30)29(25(23)31)18-7-9-21(32-4)20(26)15-18/h6-9,14-15H,5,10-13H2,1-4H3. The number of methoxy groups -OCH3 is 1. The van der Waals surface area contributed by atoms with Crippen molar-refractivity contribution < 1.29 is 14.3 Å². The number of imide groups is 1. The highest BCUT2D eigenvalue weighted by atomic mass is 35.5. The SMILES string of the molecule is CCN1CCN(C2=C(c3ccc(C)cc3C)C(=O)N(c3ccc(OC)c(Cl)c3)C2=O)CC1. The predicted molar refractivity (Wildman–Crippen MR) is 127 cm³/mol. The second-order valence-corrected chi connectivity index (χ2v) is 8.64. The van der Waals surface area contributed by atoms with Crippen molar-refractivity contribution in [1.29, 1.82) is 0 Å². The maximum absolute atomic E-state index is 13.7. The lowest BCUT2D eigenvalue weighted by molar-refractivity contribution is -0.120. The van der Waals surface area contributed by atoms with Crippen molar-refractivity contribution in [1.82, 2.24) is 9.80 Å². The molecule has 6 nitrogen and oxygen atoms in total. The molecule has 2 aliphatic heterocycles. The first-order valence-electron chi connectivity index (χ1n) is 10.9. The molecule has 0 aromatic heterocycles. The van der Waals surface area contributed by atoms with Crippen LogP contribution >= 0.6 is 11.6 Å². The third-order valence-electron chi connectivity index (χ3n) is 6.24. The molecule has 0 aliphatic carbocycles. The van der Waals surface area contributed by atoms with Gasteiger partial charge in [0, 0.05) is 26.2 Å². The molecule has 1 saturated heterocycles. The van der Waals surface area contributed by atoms with Crippen molar-refractivity contribution in [2.75, 3.05) is 44.7 Å². The summed E-state index contributed by atoms with van der Waals surface area (Å²) in [5.41, 5.74) is 4.26. The van der Waals surface area contributed by atoms with Crippen molar-refractivity contribution in [3.05, 3.63) is 63.8 Å². The van der Waals surface area contributed by atoms with E-state index in [1.807, 2.05) is 32.0 Å². The van der Waals surface area contributed by atoms with Crippen LogP contribution in [0.15, 0.2) is 42.1 Å². The number of rotatable bonds is 5. The lowest BCUT2D eigenvalue weighted by Gasteiger charge is -2.36. The van der Waals surface area contributed by atoms with Crippen LogP contribution in [0.3, 0.4) is 0 Å². The van der Waals surface area contributed by atoms with Crippen LogP contribution in [-0.4, -0.2) is 61.4 Å². The summed E-state index contributed by atoms with van der Waals surface area (Å²) in [6.45, 7) is 10.2. The van der Waals surface area contributed by atoms with Crippen molar-refractivity contribution in [2.45, 2.75) is 20.8 Å². The summed E-state index contributed by atoms with van der Waals surface area (Å²) in [6, 6.07) is 10.9. The fourth-order valence-corrected chi connectivity index (χ4v) is 4.72. The van der Waals surface area contributed by atoms with Gasteiger partial charge in [-0.05, 0) is 49.7 Å². The van der Waals surface area contributed by atoms with Gasteiger partial charge in [-0.1, -0.05) is 42.3 Å². The van der Waals surface area contributed by atoms with E-state index in [0.29, 0.717) is 40.8 Å². The quantitative estimate of drug-likeness (QED) is 0.643. The van der Waals surface area contributed by atoms with E-state index in [0.717, 1.165) is 36.3 Å². The molecule has 1 fully saturated rings. The zero-order chi connectivity index (χ0) is 23.0. The molecule has 2 aromatic rings. The molecule has 2 heterocycles. The van der Waals surface area contributed by atoms with Gasteiger partial charge in [-0.25, -0.2) is 4.90 Å². The number of carbonyl (C=O) groups excluding carboxylic acids is 2. The Labute approximate surface area is 194 Å². The van der Waals surface area contributed by atoms with E-state index in [1.54, 1.807) is 18.2 Å². The van der Waals surface area contributed by atoms with Gasteiger partial charge in [0.25, 0.3) is 11.8 Å². The summed E-state index contributed by atoms with van der Waals surface area (Å²) >= 11 is 6.31. The molecule has 0 atom stereocenters. The van der Waals surface area contributed by atoms with Crippen LogP contribution in [0.5, 0.6) is 5.75 Å². The van der Waals surface area contributed by atoms with Gasteiger partial charge in [-0.3, -0.25) is 9.59 Å². The van der Waals surface area contributed by atoms with E-state index in [2.05, 4.69) is 16.7 Å². The van der Waals surface area contributed by atoms with E-state index in [4.69, 9.17) is 16.3 Å². The molecular formula is C25H28ClN3O3. The van der Waals surface area contributed by atoms with Gasteiger partial charge in [-0.15, -0.1) is 0 Å². The molecule has 32 heavy (non-hydrogen) atoms. The van der Waals surface area contributed by atoms with Crippen LogP contribution in [0, 0.1) is 13.8 Å². The number of hydrogen-bond donors (Lipinski definition) is 0. The smallest absolute Gasteiger partial charge is 0.282 e. The van der Waals surface area contributed by atoms with Gasteiger partial charge in [0.2, 0.25) is 0 Å². The first-order valence-corrected chi connectivity index (χ1v) is 11.2. The summed E-state index contributed by atoms with van der Waals surface area (Å²) in [4.78, 5) is 33.1. The Morgan fingerprint density at radius 1 is 0.969 bits per heavy atom. The van der Waals surface area contributed by atoms with Gasteiger partial charge in [-0.2, -0.15) is 0 Å². The molecule has 0 radical (unpaired) electrons. The lowest BCUT2D eigenvalue weighted by Crippen LogP contribution is -2.47. The molecular weight excluding hydrogens is 426 g/mol. The number of anilines is 1. The Hall–Kier alpha value is -2.83. The first-order chi connectivity index (χ1) is 15.3. The normalized spacial score (nSPS) is 17.5. The second-order valence-electron chi connectivity index (χ2n) is 8.23. The summed E-state index contributed by atoms with van der Waals surface area (Å²) in [7, 11) is 1.53. The molecule has 0 N–H and O–H groups in total. The van der Waals surface area contributed by atoms with Gasteiger partial charge < -0.3 is 14.5 Å². The summed E-state index contributed by atoms with van der Waals surface area (Å²) in [5, 5.41) is 0.351. The van der Waals surface area contributed by atoms with Crippen molar-refractivity contribution in [3.63, 3.8) is 0 Å². The lowest BCUT2D eigenvalue weighted by atomic mass is 9.97. The zero-order valence-corrected chi connectivity index (χ0v) is 19.7. The van der Waals surface area contributed by atoms with Gasteiger partial charge in [0.1, 0.15) is 11.4 Å². The maximum Gasteiger partial charge on any atom is 0.282 e.